The van der Waals surface area contributed by atoms with E-state index in [1.165, 1.54) is 7.11 Å². The number of aryl methyl sites for hydroxylation is 1. The summed E-state index contributed by atoms with van der Waals surface area (Å²) in [4.78, 5) is 1.87. The number of benzene rings is 2. The van der Waals surface area contributed by atoms with E-state index in [0.717, 1.165) is 33.5 Å². The first-order chi connectivity index (χ1) is 13.7. The van der Waals surface area contributed by atoms with Crippen molar-refractivity contribution in [2.45, 2.75) is 45.2 Å². The van der Waals surface area contributed by atoms with Gasteiger partial charge in [-0.25, -0.2) is 8.78 Å². The Morgan fingerprint density at radius 1 is 1.14 bits per heavy atom. The zero-order valence-electron chi connectivity index (χ0n) is 17.8. The van der Waals surface area contributed by atoms with Gasteiger partial charge in [0, 0.05) is 24.4 Å². The molecule has 1 aliphatic rings. The highest BCUT2D eigenvalue weighted by Gasteiger charge is 2.41. The van der Waals surface area contributed by atoms with Crippen LogP contribution in [0.2, 0.25) is 0 Å². The normalized spacial score (nSPS) is 19.8. The molecule has 2 aromatic rings. The summed E-state index contributed by atoms with van der Waals surface area (Å²) in [6.45, 7) is 4.97. The van der Waals surface area contributed by atoms with Gasteiger partial charge in [0.25, 0.3) is 5.92 Å². The van der Waals surface area contributed by atoms with Gasteiger partial charge in [0.05, 0.1) is 19.7 Å². The Morgan fingerprint density at radius 3 is 2.48 bits per heavy atom. The number of anilines is 1. The maximum absolute atomic E-state index is 14.6. The summed E-state index contributed by atoms with van der Waals surface area (Å²) in [5.41, 5.74) is 12.0. The molecule has 0 spiro atoms. The second-order valence-corrected chi connectivity index (χ2v) is 8.01. The first-order valence-corrected chi connectivity index (χ1v) is 9.83. The molecule has 4 nitrogen and oxygen atoms in total. The maximum atomic E-state index is 14.6. The lowest BCUT2D eigenvalue weighted by atomic mass is 9.82. The van der Waals surface area contributed by atoms with Crippen molar-refractivity contribution >= 4 is 5.69 Å². The minimum absolute atomic E-state index is 0.0956. The summed E-state index contributed by atoms with van der Waals surface area (Å²) in [6.07, 6.45) is 0.667. The Bertz CT molecular complexity index is 885. The van der Waals surface area contributed by atoms with Crippen LogP contribution >= 0.6 is 0 Å². The second kappa shape index (κ2) is 8.28. The number of fused-ring (bicyclic) bond motifs is 1. The third-order valence-electron chi connectivity index (χ3n) is 5.82. The topological polar surface area (TPSA) is 47.7 Å². The van der Waals surface area contributed by atoms with E-state index in [4.69, 9.17) is 15.2 Å². The smallest absolute Gasteiger partial charge is 0.283 e. The highest BCUT2D eigenvalue weighted by atomic mass is 19.3. The monoisotopic (exact) mass is 404 g/mol. The standard InChI is InChI=1S/C23H30F2N2O2/c1-14-6-7-18(21(10-14)29-5)22-17-8-9-20(26)16(3)19(17)11-15(2)27(22)12-23(24,25)13-28-4/h6-10,15,22H,11-13,26H2,1-5H3/t15-,22+/m1/s1. The summed E-state index contributed by atoms with van der Waals surface area (Å²) in [5.74, 6) is -2.26. The zero-order chi connectivity index (χ0) is 21.3. The van der Waals surface area contributed by atoms with E-state index in [-0.39, 0.29) is 12.1 Å². The largest absolute Gasteiger partial charge is 0.496 e. The van der Waals surface area contributed by atoms with Crippen molar-refractivity contribution in [1.29, 1.82) is 0 Å². The molecule has 0 bridgehead atoms. The predicted molar refractivity (Wildman–Crippen MR) is 112 cm³/mol. The van der Waals surface area contributed by atoms with Gasteiger partial charge >= 0.3 is 0 Å². The number of nitrogens with two attached hydrogens (primary N) is 1. The number of nitrogens with zero attached hydrogens (tertiary/aromatic N) is 1. The van der Waals surface area contributed by atoms with E-state index in [1.54, 1.807) is 7.11 Å². The molecule has 0 unspecified atom stereocenters. The third kappa shape index (κ3) is 4.23. The van der Waals surface area contributed by atoms with Crippen LogP contribution < -0.4 is 10.5 Å². The lowest BCUT2D eigenvalue weighted by Gasteiger charge is -2.44. The molecule has 6 heteroatoms. The molecule has 2 atom stereocenters. The first kappa shape index (κ1) is 21.5. The van der Waals surface area contributed by atoms with Gasteiger partial charge in [-0.1, -0.05) is 18.2 Å². The van der Waals surface area contributed by atoms with Crippen LogP contribution in [0.1, 0.15) is 40.8 Å². The average Bonchev–Trinajstić information content (AvgIpc) is 2.66. The number of halogens is 2. The summed E-state index contributed by atoms with van der Waals surface area (Å²) in [5, 5.41) is 0. The van der Waals surface area contributed by atoms with Crippen LogP contribution in [0, 0.1) is 13.8 Å². The van der Waals surface area contributed by atoms with Crippen molar-refractivity contribution in [3.63, 3.8) is 0 Å². The molecule has 158 valence electrons. The second-order valence-electron chi connectivity index (χ2n) is 8.01. The SMILES string of the molecule is COCC(F)(F)CN1[C@H](c2ccc(C)cc2OC)c2ccc(N)c(C)c2C[C@H]1C. The molecule has 0 aromatic heterocycles. The predicted octanol–water partition coefficient (Wildman–Crippen LogP) is 4.51. The quantitative estimate of drug-likeness (QED) is 0.720. The highest BCUT2D eigenvalue weighted by Crippen LogP contribution is 2.44. The van der Waals surface area contributed by atoms with Crippen LogP contribution in [0.25, 0.3) is 0 Å². The highest BCUT2D eigenvalue weighted by molar-refractivity contribution is 5.57. The molecule has 0 radical (unpaired) electrons. The number of hydrogen-bond donors (Lipinski definition) is 1. The molecular formula is C23H30F2N2O2. The number of hydrogen-bond acceptors (Lipinski definition) is 4. The van der Waals surface area contributed by atoms with Gasteiger partial charge in [-0.05, 0) is 61.6 Å². The van der Waals surface area contributed by atoms with Crippen LogP contribution in [-0.2, 0) is 11.2 Å². The van der Waals surface area contributed by atoms with Gasteiger partial charge in [0.1, 0.15) is 12.4 Å². The van der Waals surface area contributed by atoms with E-state index >= 15 is 0 Å². The zero-order valence-corrected chi connectivity index (χ0v) is 17.8. The van der Waals surface area contributed by atoms with Crippen LogP contribution in [0.15, 0.2) is 30.3 Å². The van der Waals surface area contributed by atoms with Crippen molar-refractivity contribution in [1.82, 2.24) is 4.90 Å². The van der Waals surface area contributed by atoms with Crippen molar-refractivity contribution in [3.8, 4) is 5.75 Å². The van der Waals surface area contributed by atoms with Gasteiger partial charge in [0.15, 0.2) is 0 Å². The Balaban J connectivity index is 2.19. The van der Waals surface area contributed by atoms with Gasteiger partial charge in [-0.2, -0.15) is 0 Å². The lowest BCUT2D eigenvalue weighted by molar-refractivity contribution is -0.0962. The Morgan fingerprint density at radius 2 is 1.83 bits per heavy atom. The van der Waals surface area contributed by atoms with E-state index < -0.39 is 19.1 Å². The van der Waals surface area contributed by atoms with Crippen LogP contribution in [-0.4, -0.2) is 44.2 Å². The molecule has 29 heavy (non-hydrogen) atoms. The van der Waals surface area contributed by atoms with E-state index in [2.05, 4.69) is 0 Å². The van der Waals surface area contributed by atoms with Gasteiger partial charge < -0.3 is 15.2 Å². The van der Waals surface area contributed by atoms with E-state index in [9.17, 15) is 8.78 Å². The summed E-state index contributed by atoms with van der Waals surface area (Å²) in [7, 11) is 2.92. The fourth-order valence-corrected chi connectivity index (χ4v) is 4.33. The van der Waals surface area contributed by atoms with Crippen molar-refractivity contribution < 1.29 is 18.3 Å². The van der Waals surface area contributed by atoms with E-state index in [0.29, 0.717) is 12.2 Å². The minimum Gasteiger partial charge on any atom is -0.496 e. The van der Waals surface area contributed by atoms with Gasteiger partial charge in [0.2, 0.25) is 0 Å². The Kier molecular flexibility index (Phi) is 6.15. The molecule has 0 saturated heterocycles. The third-order valence-corrected chi connectivity index (χ3v) is 5.82. The van der Waals surface area contributed by atoms with E-state index in [1.807, 2.05) is 56.0 Å². The molecule has 3 rings (SSSR count). The maximum Gasteiger partial charge on any atom is 0.283 e. The number of methoxy groups -OCH3 is 2. The molecule has 0 fully saturated rings. The van der Waals surface area contributed by atoms with Crippen molar-refractivity contribution in [2.24, 2.45) is 0 Å². The van der Waals surface area contributed by atoms with Crippen molar-refractivity contribution in [3.05, 3.63) is 58.1 Å². The van der Waals surface area contributed by atoms with Crippen LogP contribution in [0.3, 0.4) is 0 Å². The van der Waals surface area contributed by atoms with Gasteiger partial charge in [-0.3, -0.25) is 4.90 Å². The number of rotatable bonds is 6. The summed E-state index contributed by atoms with van der Waals surface area (Å²) in [6, 6.07) is 9.30. The molecule has 2 aromatic carbocycles. The molecule has 1 heterocycles. The Labute approximate surface area is 171 Å². The molecular weight excluding hydrogens is 374 g/mol. The number of nitrogen functional groups attached to an aromatic ring is 1. The fourth-order valence-electron chi connectivity index (χ4n) is 4.33. The Hall–Kier alpha value is -2.18. The van der Waals surface area contributed by atoms with Gasteiger partial charge in [-0.15, -0.1) is 0 Å². The molecule has 0 saturated carbocycles. The summed E-state index contributed by atoms with van der Waals surface area (Å²) >= 11 is 0. The number of ether oxygens (including phenoxy) is 2. The molecule has 1 aliphatic heterocycles. The first-order valence-electron chi connectivity index (χ1n) is 9.83. The minimum atomic E-state index is -2.96. The van der Waals surface area contributed by atoms with Crippen molar-refractivity contribution in [2.75, 3.05) is 33.1 Å². The lowest BCUT2D eigenvalue weighted by Crippen LogP contribution is -2.49. The average molecular weight is 405 g/mol. The fraction of sp³-hybridized carbons (Fsp3) is 0.478. The van der Waals surface area contributed by atoms with Crippen LogP contribution in [0.4, 0.5) is 14.5 Å². The molecule has 0 aliphatic carbocycles. The number of alkyl halides is 2. The molecule has 2 N–H and O–H groups in total. The van der Waals surface area contributed by atoms with Crippen LogP contribution in [0.5, 0.6) is 5.75 Å². The molecule has 0 amide bonds. The summed E-state index contributed by atoms with van der Waals surface area (Å²) < 4.78 is 39.7.